The van der Waals surface area contributed by atoms with Crippen molar-refractivity contribution in [1.82, 2.24) is 10.2 Å². The van der Waals surface area contributed by atoms with Gasteiger partial charge < -0.3 is 15.8 Å². The summed E-state index contributed by atoms with van der Waals surface area (Å²) in [5, 5.41) is 3.35. The Balaban J connectivity index is 1.23. The Morgan fingerprint density at radius 3 is 2.48 bits per heavy atom. The highest BCUT2D eigenvalue weighted by molar-refractivity contribution is 5.83. The number of nitrogens with one attached hydrogen (secondary N) is 1. The standard InChI is InChI=1S/C25H35N3O3/c1-15-4-3-5-16(2)20(15)13-28-6-7-31-21(14-28)23(29)27-22-18-8-17-9-19(22)12-25(10-17,11-18)24(26)30/h3-5,17-19,21-22H,6-14H2,1-2H3,(H2,26,30)(H,27,29)/t17?,18?,19?,21-,22?,25?/m1/s1. The van der Waals surface area contributed by atoms with Crippen LogP contribution in [0.2, 0.25) is 0 Å². The molecule has 4 saturated carbocycles. The number of carbonyl (C=O) groups is 2. The Kier molecular flexibility index (Phi) is 5.33. The van der Waals surface area contributed by atoms with E-state index in [9.17, 15) is 9.59 Å². The second-order valence-electron chi connectivity index (χ2n) is 10.6. The summed E-state index contributed by atoms with van der Waals surface area (Å²) in [4.78, 5) is 27.7. The van der Waals surface area contributed by atoms with Crippen molar-refractivity contribution in [2.45, 2.75) is 64.6 Å². The zero-order chi connectivity index (χ0) is 21.8. The maximum absolute atomic E-state index is 13.2. The molecule has 1 saturated heterocycles. The van der Waals surface area contributed by atoms with E-state index in [-0.39, 0.29) is 23.3 Å². The first-order chi connectivity index (χ1) is 14.8. The average Bonchev–Trinajstić information content (AvgIpc) is 2.73. The molecule has 5 aliphatic rings. The van der Waals surface area contributed by atoms with E-state index in [2.05, 4.69) is 42.3 Å². The molecule has 3 N–H and O–H groups in total. The van der Waals surface area contributed by atoms with Crippen LogP contribution in [0.1, 0.15) is 48.8 Å². The fourth-order valence-corrected chi connectivity index (χ4v) is 7.15. The molecule has 6 heteroatoms. The van der Waals surface area contributed by atoms with E-state index < -0.39 is 6.10 Å². The van der Waals surface area contributed by atoms with Gasteiger partial charge in [0.15, 0.2) is 0 Å². The highest BCUT2D eigenvalue weighted by Crippen LogP contribution is 2.59. The van der Waals surface area contributed by atoms with Crippen LogP contribution in [0, 0.1) is 37.0 Å². The van der Waals surface area contributed by atoms with Crippen molar-refractivity contribution in [2.24, 2.45) is 28.9 Å². The molecule has 0 radical (unpaired) electrons. The highest BCUT2D eigenvalue weighted by Gasteiger charge is 2.58. The minimum atomic E-state index is -0.430. The van der Waals surface area contributed by atoms with Crippen LogP contribution in [0.5, 0.6) is 0 Å². The van der Waals surface area contributed by atoms with E-state index in [1.54, 1.807) is 0 Å². The fourth-order valence-electron chi connectivity index (χ4n) is 7.15. The minimum absolute atomic E-state index is 0.0109. The van der Waals surface area contributed by atoms with Gasteiger partial charge in [-0.3, -0.25) is 14.5 Å². The molecule has 1 aromatic carbocycles. The lowest BCUT2D eigenvalue weighted by Gasteiger charge is -2.59. The third-order valence-corrected chi connectivity index (χ3v) is 8.57. The fraction of sp³-hybridized carbons (Fsp3) is 0.680. The number of nitrogens with zero attached hydrogens (tertiary/aromatic N) is 1. The number of carbonyl (C=O) groups excluding carboxylic acids is 2. The summed E-state index contributed by atoms with van der Waals surface area (Å²) in [6, 6.07) is 6.56. The zero-order valence-electron chi connectivity index (χ0n) is 18.7. The molecular formula is C25H35N3O3. The number of morpholine rings is 1. The molecule has 2 unspecified atom stereocenters. The Hall–Kier alpha value is -1.92. The predicted molar refractivity (Wildman–Crippen MR) is 118 cm³/mol. The number of amides is 2. The SMILES string of the molecule is Cc1cccc(C)c1CN1CCO[C@@H](C(=O)NC2C3CC4CC2CC(C(N)=O)(C4)C3)C1. The largest absolute Gasteiger partial charge is 0.369 e. The molecule has 4 aliphatic carbocycles. The van der Waals surface area contributed by atoms with Gasteiger partial charge in [0.2, 0.25) is 5.91 Å². The predicted octanol–water partition coefficient (Wildman–Crippen LogP) is 2.30. The molecule has 1 aromatic rings. The van der Waals surface area contributed by atoms with Crippen molar-refractivity contribution < 1.29 is 14.3 Å². The van der Waals surface area contributed by atoms with Gasteiger partial charge >= 0.3 is 0 Å². The first-order valence-corrected chi connectivity index (χ1v) is 11.8. The lowest BCUT2D eigenvalue weighted by molar-refractivity contribution is -0.151. The summed E-state index contributed by atoms with van der Waals surface area (Å²) >= 11 is 0. The Labute approximate surface area is 184 Å². The lowest BCUT2D eigenvalue weighted by atomic mass is 9.47. The lowest BCUT2D eigenvalue weighted by Crippen LogP contribution is -2.63. The van der Waals surface area contributed by atoms with Crippen molar-refractivity contribution in [3.63, 3.8) is 0 Å². The molecule has 31 heavy (non-hydrogen) atoms. The van der Waals surface area contributed by atoms with Gasteiger partial charge in [0, 0.05) is 31.1 Å². The number of ether oxygens (including phenoxy) is 1. The number of hydrogen-bond donors (Lipinski definition) is 2. The number of aryl methyl sites for hydroxylation is 2. The molecule has 1 heterocycles. The Bertz CT molecular complexity index is 849. The molecule has 168 valence electrons. The third kappa shape index (κ3) is 3.78. The molecule has 4 bridgehead atoms. The molecular weight excluding hydrogens is 390 g/mol. The average molecular weight is 426 g/mol. The Morgan fingerprint density at radius 2 is 1.84 bits per heavy atom. The van der Waals surface area contributed by atoms with Gasteiger partial charge in [0.25, 0.3) is 5.91 Å². The molecule has 3 atom stereocenters. The number of benzene rings is 1. The van der Waals surface area contributed by atoms with Crippen LogP contribution >= 0.6 is 0 Å². The van der Waals surface area contributed by atoms with Crippen molar-refractivity contribution in [1.29, 1.82) is 0 Å². The van der Waals surface area contributed by atoms with Gasteiger partial charge in [0.1, 0.15) is 6.10 Å². The van der Waals surface area contributed by atoms with Crippen molar-refractivity contribution in [2.75, 3.05) is 19.7 Å². The molecule has 0 aromatic heterocycles. The van der Waals surface area contributed by atoms with Crippen LogP contribution in [-0.4, -0.2) is 48.6 Å². The number of primary amides is 1. The molecule has 6 rings (SSSR count). The number of hydrogen-bond acceptors (Lipinski definition) is 4. The first-order valence-electron chi connectivity index (χ1n) is 11.8. The smallest absolute Gasteiger partial charge is 0.250 e. The van der Waals surface area contributed by atoms with E-state index in [0.29, 0.717) is 30.9 Å². The van der Waals surface area contributed by atoms with E-state index in [0.717, 1.165) is 45.2 Å². The monoisotopic (exact) mass is 425 g/mol. The summed E-state index contributed by atoms with van der Waals surface area (Å²) in [6.07, 6.45) is 4.42. The summed E-state index contributed by atoms with van der Waals surface area (Å²) in [7, 11) is 0. The van der Waals surface area contributed by atoms with Crippen molar-refractivity contribution in [3.8, 4) is 0 Å². The quantitative estimate of drug-likeness (QED) is 0.758. The second-order valence-corrected chi connectivity index (χ2v) is 10.6. The van der Waals surface area contributed by atoms with E-state index >= 15 is 0 Å². The van der Waals surface area contributed by atoms with E-state index in [4.69, 9.17) is 10.5 Å². The van der Waals surface area contributed by atoms with E-state index in [1.165, 1.54) is 16.7 Å². The van der Waals surface area contributed by atoms with Gasteiger partial charge in [-0.25, -0.2) is 0 Å². The number of nitrogens with two attached hydrogens (primary N) is 1. The summed E-state index contributed by atoms with van der Waals surface area (Å²) in [5.41, 5.74) is 9.43. The maximum Gasteiger partial charge on any atom is 0.250 e. The van der Waals surface area contributed by atoms with Crippen LogP contribution in [0.25, 0.3) is 0 Å². The summed E-state index contributed by atoms with van der Waals surface area (Å²) in [5.74, 6) is 1.22. The van der Waals surface area contributed by atoms with Crippen LogP contribution < -0.4 is 11.1 Å². The van der Waals surface area contributed by atoms with Gasteiger partial charge in [-0.2, -0.15) is 0 Å². The second kappa shape index (κ2) is 7.89. The third-order valence-electron chi connectivity index (χ3n) is 8.57. The zero-order valence-corrected chi connectivity index (χ0v) is 18.7. The van der Waals surface area contributed by atoms with Gasteiger partial charge in [-0.15, -0.1) is 0 Å². The van der Waals surface area contributed by atoms with Crippen LogP contribution in [0.3, 0.4) is 0 Å². The van der Waals surface area contributed by atoms with Crippen LogP contribution in [-0.2, 0) is 20.9 Å². The first kappa shape index (κ1) is 21.0. The summed E-state index contributed by atoms with van der Waals surface area (Å²) < 4.78 is 5.89. The molecule has 0 spiro atoms. The summed E-state index contributed by atoms with van der Waals surface area (Å²) in [6.45, 7) is 7.19. The van der Waals surface area contributed by atoms with Gasteiger partial charge in [0.05, 0.1) is 6.61 Å². The van der Waals surface area contributed by atoms with Crippen LogP contribution in [0.15, 0.2) is 18.2 Å². The van der Waals surface area contributed by atoms with Crippen LogP contribution in [0.4, 0.5) is 0 Å². The van der Waals surface area contributed by atoms with Crippen molar-refractivity contribution in [3.05, 3.63) is 34.9 Å². The van der Waals surface area contributed by atoms with Gasteiger partial charge in [-0.05, 0) is 80.4 Å². The van der Waals surface area contributed by atoms with Crippen molar-refractivity contribution >= 4 is 11.8 Å². The molecule has 6 nitrogen and oxygen atoms in total. The Morgan fingerprint density at radius 1 is 1.16 bits per heavy atom. The maximum atomic E-state index is 13.2. The molecule has 1 aliphatic heterocycles. The molecule has 2 amide bonds. The number of rotatable bonds is 5. The van der Waals surface area contributed by atoms with Gasteiger partial charge in [-0.1, -0.05) is 18.2 Å². The topological polar surface area (TPSA) is 84.7 Å². The normalized spacial score (nSPS) is 37.0. The molecule has 5 fully saturated rings. The van der Waals surface area contributed by atoms with E-state index in [1.807, 2.05) is 0 Å². The highest BCUT2D eigenvalue weighted by atomic mass is 16.5. The minimum Gasteiger partial charge on any atom is -0.369 e.